The fourth-order valence-corrected chi connectivity index (χ4v) is 2.12. The van der Waals surface area contributed by atoms with Crippen molar-refractivity contribution in [1.82, 2.24) is 0 Å². The lowest BCUT2D eigenvalue weighted by Gasteiger charge is -2.07. The third-order valence-corrected chi connectivity index (χ3v) is 3.07. The Bertz CT molecular complexity index is 669. The molecule has 0 saturated carbocycles. The van der Waals surface area contributed by atoms with Crippen molar-refractivity contribution in [1.29, 1.82) is 0 Å². The topological polar surface area (TPSA) is 72.2 Å². The molecule has 1 amide bonds. The number of nitro groups is 1. The van der Waals surface area contributed by atoms with Crippen LogP contribution in [0, 0.1) is 10.1 Å². The lowest BCUT2D eigenvalue weighted by atomic mass is 10.1. The van der Waals surface area contributed by atoms with E-state index in [1.54, 1.807) is 12.1 Å². The molecule has 25 heavy (non-hydrogen) atoms. The van der Waals surface area contributed by atoms with Gasteiger partial charge in [0.2, 0.25) is 0 Å². The molecule has 0 unspecified atom stereocenters. The van der Waals surface area contributed by atoms with E-state index >= 15 is 0 Å². The number of carbonyl (C=O) groups is 1. The monoisotopic (exact) mass is 344 g/mol. The molecule has 0 bridgehead atoms. The van der Waals surface area contributed by atoms with Crippen molar-refractivity contribution in [2.24, 2.45) is 0 Å². The van der Waals surface area contributed by atoms with Crippen molar-refractivity contribution in [2.75, 3.05) is 5.32 Å². The first-order valence-electron chi connectivity index (χ1n) is 8.75. The molecule has 0 fully saturated rings. The van der Waals surface area contributed by atoms with E-state index in [1.807, 2.05) is 45.9 Å². The number of hydrogen-bond acceptors (Lipinski definition) is 3. The minimum Gasteiger partial charge on any atom is -0.322 e. The first-order chi connectivity index (χ1) is 12.1. The predicted octanol–water partition coefficient (Wildman–Crippen LogP) is 5.85. The average Bonchev–Trinajstić information content (AvgIpc) is 2.65. The summed E-state index contributed by atoms with van der Waals surface area (Å²) in [5, 5.41) is 13.7. The Morgan fingerprint density at radius 3 is 2.28 bits per heavy atom. The highest BCUT2D eigenvalue weighted by atomic mass is 16.6. The van der Waals surface area contributed by atoms with Crippen LogP contribution >= 0.6 is 0 Å². The number of nitro benzene ring substituents is 1. The zero-order chi connectivity index (χ0) is 19.2. The van der Waals surface area contributed by atoms with Gasteiger partial charge in [0, 0.05) is 11.8 Å². The minimum atomic E-state index is -0.553. The number of benzene rings is 2. The second kappa shape index (κ2) is 12.7. The molecule has 2 rings (SSSR count). The molecule has 0 aliphatic heterocycles. The summed E-state index contributed by atoms with van der Waals surface area (Å²) in [5.41, 5.74) is 1.63. The van der Waals surface area contributed by atoms with E-state index in [2.05, 4.69) is 12.2 Å². The number of hydrogen-bond donors (Lipinski definition) is 1. The molecule has 5 heteroatoms. The zero-order valence-electron chi connectivity index (χ0n) is 15.7. The number of nitrogens with zero attached hydrogens (tertiary/aromatic N) is 1. The molecular formula is C20H28N2O3. The van der Waals surface area contributed by atoms with Crippen molar-refractivity contribution in [3.05, 3.63) is 69.8 Å². The van der Waals surface area contributed by atoms with Crippen molar-refractivity contribution in [3.63, 3.8) is 0 Å². The summed E-state index contributed by atoms with van der Waals surface area (Å²) in [6.45, 7) is 10.1. The van der Waals surface area contributed by atoms with Crippen LogP contribution in [0.5, 0.6) is 0 Å². The van der Waals surface area contributed by atoms with E-state index in [0.29, 0.717) is 5.69 Å². The second-order valence-corrected chi connectivity index (χ2v) is 4.68. The summed E-state index contributed by atoms with van der Waals surface area (Å²) >= 11 is 0. The third kappa shape index (κ3) is 7.16. The van der Waals surface area contributed by atoms with E-state index < -0.39 is 10.8 Å². The van der Waals surface area contributed by atoms with Gasteiger partial charge in [-0.3, -0.25) is 14.9 Å². The van der Waals surface area contributed by atoms with Crippen LogP contribution in [-0.2, 0) is 6.42 Å². The Labute approximate surface area is 150 Å². The number of para-hydroxylation sites is 1. The van der Waals surface area contributed by atoms with Crippen molar-refractivity contribution < 1.29 is 9.72 Å². The van der Waals surface area contributed by atoms with Crippen LogP contribution in [0.15, 0.2) is 48.5 Å². The smallest absolute Gasteiger partial charge is 0.282 e. The highest BCUT2D eigenvalue weighted by Gasteiger charge is 2.19. The number of amides is 1. The van der Waals surface area contributed by atoms with Crippen LogP contribution < -0.4 is 5.32 Å². The van der Waals surface area contributed by atoms with Gasteiger partial charge in [0.1, 0.15) is 5.56 Å². The quantitative estimate of drug-likeness (QED) is 0.546. The minimum absolute atomic E-state index is 0.0587. The first kappa shape index (κ1) is 22.3. The number of rotatable bonds is 5. The van der Waals surface area contributed by atoms with Crippen LogP contribution in [0.3, 0.4) is 0 Å². The van der Waals surface area contributed by atoms with Gasteiger partial charge in [-0.25, -0.2) is 0 Å². The maximum absolute atomic E-state index is 12.2. The van der Waals surface area contributed by atoms with Crippen LogP contribution in [-0.4, -0.2) is 10.8 Å². The lowest BCUT2D eigenvalue weighted by Crippen LogP contribution is -2.14. The van der Waals surface area contributed by atoms with Gasteiger partial charge in [-0.2, -0.15) is 0 Å². The van der Waals surface area contributed by atoms with Crippen LogP contribution in [0.2, 0.25) is 0 Å². The molecule has 0 spiro atoms. The van der Waals surface area contributed by atoms with Crippen LogP contribution in [0.1, 0.15) is 57.0 Å². The van der Waals surface area contributed by atoms with Crippen molar-refractivity contribution >= 4 is 17.3 Å². The molecule has 1 N–H and O–H groups in total. The lowest BCUT2D eigenvalue weighted by molar-refractivity contribution is -0.385. The molecule has 5 nitrogen and oxygen atoms in total. The van der Waals surface area contributed by atoms with Gasteiger partial charge < -0.3 is 5.32 Å². The predicted molar refractivity (Wildman–Crippen MR) is 104 cm³/mol. The molecule has 0 aliphatic carbocycles. The molecule has 0 heterocycles. The molecule has 0 radical (unpaired) electrons. The molecule has 0 saturated heterocycles. The summed E-state index contributed by atoms with van der Waals surface area (Å²) in [5.74, 6) is -0.476. The number of nitrogens with one attached hydrogen (secondary N) is 1. The van der Waals surface area contributed by atoms with Crippen LogP contribution in [0.25, 0.3) is 0 Å². The fourth-order valence-electron chi connectivity index (χ4n) is 2.12. The third-order valence-electron chi connectivity index (χ3n) is 3.07. The highest BCUT2D eigenvalue weighted by Crippen LogP contribution is 2.20. The van der Waals surface area contributed by atoms with Gasteiger partial charge >= 0.3 is 0 Å². The molecule has 2 aromatic carbocycles. The fraction of sp³-hybridized carbons (Fsp3) is 0.350. The molecule has 0 atom stereocenters. The maximum atomic E-state index is 12.2. The van der Waals surface area contributed by atoms with Gasteiger partial charge in [0.25, 0.3) is 11.6 Å². The number of anilines is 1. The highest BCUT2D eigenvalue weighted by molar-refractivity contribution is 6.07. The molecular weight excluding hydrogens is 316 g/mol. The zero-order valence-corrected chi connectivity index (χ0v) is 15.7. The molecule has 136 valence electrons. The maximum Gasteiger partial charge on any atom is 0.282 e. The van der Waals surface area contributed by atoms with E-state index in [4.69, 9.17) is 0 Å². The van der Waals surface area contributed by atoms with Gasteiger partial charge in [-0.1, -0.05) is 65.3 Å². The average molecular weight is 344 g/mol. The summed E-state index contributed by atoms with van der Waals surface area (Å²) in [7, 11) is 0. The van der Waals surface area contributed by atoms with Gasteiger partial charge in [-0.15, -0.1) is 0 Å². The Morgan fingerprint density at radius 2 is 1.68 bits per heavy atom. The van der Waals surface area contributed by atoms with Crippen molar-refractivity contribution in [3.8, 4) is 0 Å². The Balaban J connectivity index is 0.00000134. The standard InChI is InChI=1S/C16H16N2O3.2C2H6/c1-2-6-12-7-5-8-13(11-12)17-16(19)14-9-3-4-10-15(14)18(20)21;2*1-2/h3-5,7-11H,2,6H2,1H3,(H,17,19);2*1-2H3. The van der Waals surface area contributed by atoms with E-state index in [9.17, 15) is 14.9 Å². The number of aryl methyl sites for hydroxylation is 1. The first-order valence-corrected chi connectivity index (χ1v) is 8.75. The Hall–Kier alpha value is -2.69. The summed E-state index contributed by atoms with van der Waals surface area (Å²) < 4.78 is 0. The molecule has 0 aromatic heterocycles. The molecule has 2 aromatic rings. The SMILES string of the molecule is CC.CC.CCCc1cccc(NC(=O)c2ccccc2[N+](=O)[O-])c1. The Morgan fingerprint density at radius 1 is 1.04 bits per heavy atom. The summed E-state index contributed by atoms with van der Waals surface area (Å²) in [4.78, 5) is 22.6. The largest absolute Gasteiger partial charge is 0.322 e. The normalized spacial score (nSPS) is 9.00. The van der Waals surface area contributed by atoms with Crippen molar-refractivity contribution in [2.45, 2.75) is 47.5 Å². The Kier molecular flexibility index (Phi) is 11.3. The van der Waals surface area contributed by atoms with Crippen LogP contribution in [0.4, 0.5) is 11.4 Å². The summed E-state index contributed by atoms with van der Waals surface area (Å²) in [6, 6.07) is 13.4. The van der Waals surface area contributed by atoms with Gasteiger partial charge in [0.05, 0.1) is 4.92 Å². The molecule has 0 aliphatic rings. The van der Waals surface area contributed by atoms with E-state index in [-0.39, 0.29) is 11.3 Å². The van der Waals surface area contributed by atoms with E-state index in [0.717, 1.165) is 18.4 Å². The van der Waals surface area contributed by atoms with Gasteiger partial charge in [0.15, 0.2) is 0 Å². The summed E-state index contributed by atoms with van der Waals surface area (Å²) in [6.07, 6.45) is 1.94. The second-order valence-electron chi connectivity index (χ2n) is 4.68. The van der Waals surface area contributed by atoms with Gasteiger partial charge in [-0.05, 0) is 30.2 Å². The number of carbonyl (C=O) groups excluding carboxylic acids is 1. The van der Waals surface area contributed by atoms with E-state index in [1.165, 1.54) is 18.2 Å².